The number of thiophene rings is 1. The Bertz CT molecular complexity index is 661. The standard InChI is InChI=1S/C19H28N4O2S/c1-20-19(21-10-11-24-16-7-4-2-3-5-8-16)22-13-15-14-25-18(23-15)17-9-6-12-26-17/h6,9,12,14,16H,2-5,7-8,10-11,13H2,1H3,(H2,20,21,22). The smallest absolute Gasteiger partial charge is 0.236 e. The molecule has 2 aromatic rings. The van der Waals surface area contributed by atoms with Crippen LogP contribution in [0.25, 0.3) is 10.8 Å². The molecule has 0 saturated heterocycles. The molecule has 142 valence electrons. The van der Waals surface area contributed by atoms with E-state index in [1.165, 1.54) is 38.5 Å². The van der Waals surface area contributed by atoms with Crippen molar-refractivity contribution >= 4 is 17.3 Å². The van der Waals surface area contributed by atoms with Crippen molar-refractivity contribution in [3.8, 4) is 10.8 Å². The fourth-order valence-electron chi connectivity index (χ4n) is 3.10. The van der Waals surface area contributed by atoms with Crippen LogP contribution in [0, 0.1) is 0 Å². The first-order valence-corrected chi connectivity index (χ1v) is 10.3. The molecule has 1 fully saturated rings. The topological polar surface area (TPSA) is 71.7 Å². The molecule has 7 heteroatoms. The minimum atomic E-state index is 0.431. The van der Waals surface area contributed by atoms with Gasteiger partial charge in [-0.2, -0.15) is 0 Å². The largest absolute Gasteiger partial charge is 0.443 e. The highest BCUT2D eigenvalue weighted by Crippen LogP contribution is 2.23. The molecule has 0 amide bonds. The van der Waals surface area contributed by atoms with Gasteiger partial charge in [0.25, 0.3) is 0 Å². The Hall–Kier alpha value is -1.86. The lowest BCUT2D eigenvalue weighted by Crippen LogP contribution is -2.39. The molecule has 3 rings (SSSR count). The number of ether oxygens (including phenoxy) is 1. The zero-order chi connectivity index (χ0) is 18.0. The fraction of sp³-hybridized carbons (Fsp3) is 0.579. The van der Waals surface area contributed by atoms with Crippen molar-refractivity contribution in [3.05, 3.63) is 29.5 Å². The van der Waals surface area contributed by atoms with E-state index in [-0.39, 0.29) is 0 Å². The summed E-state index contributed by atoms with van der Waals surface area (Å²) in [5, 5.41) is 8.56. The van der Waals surface area contributed by atoms with Crippen molar-refractivity contribution < 1.29 is 9.15 Å². The lowest BCUT2D eigenvalue weighted by atomic mass is 10.1. The maximum absolute atomic E-state index is 5.99. The van der Waals surface area contributed by atoms with Gasteiger partial charge in [-0.05, 0) is 24.3 Å². The Kier molecular flexibility index (Phi) is 7.51. The molecule has 0 spiro atoms. The Morgan fingerprint density at radius 1 is 1.31 bits per heavy atom. The number of nitrogens with one attached hydrogen (secondary N) is 2. The quantitative estimate of drug-likeness (QED) is 0.333. The Balaban J connectivity index is 1.35. The summed E-state index contributed by atoms with van der Waals surface area (Å²) in [7, 11) is 1.77. The number of hydrogen-bond donors (Lipinski definition) is 2. The number of aliphatic imine (C=N–C) groups is 1. The SMILES string of the molecule is CN=C(NCCOC1CCCCCC1)NCc1coc(-c2cccs2)n1. The Labute approximate surface area is 159 Å². The van der Waals surface area contributed by atoms with Crippen LogP contribution in [-0.2, 0) is 11.3 Å². The van der Waals surface area contributed by atoms with Crippen molar-refractivity contribution in [2.24, 2.45) is 4.99 Å². The molecule has 0 aliphatic heterocycles. The third-order valence-electron chi connectivity index (χ3n) is 4.49. The van der Waals surface area contributed by atoms with E-state index < -0.39 is 0 Å². The summed E-state index contributed by atoms with van der Waals surface area (Å²) in [6.45, 7) is 2.02. The number of oxazole rings is 1. The van der Waals surface area contributed by atoms with Crippen LogP contribution in [-0.4, -0.2) is 37.2 Å². The van der Waals surface area contributed by atoms with Crippen molar-refractivity contribution in [3.63, 3.8) is 0 Å². The monoisotopic (exact) mass is 376 g/mol. The van der Waals surface area contributed by atoms with Crippen molar-refractivity contribution in [1.82, 2.24) is 15.6 Å². The van der Waals surface area contributed by atoms with E-state index in [1.54, 1.807) is 24.6 Å². The molecular formula is C19H28N4O2S. The third-order valence-corrected chi connectivity index (χ3v) is 5.35. The molecule has 2 N–H and O–H groups in total. The van der Waals surface area contributed by atoms with Crippen LogP contribution in [0.4, 0.5) is 0 Å². The summed E-state index contributed by atoms with van der Waals surface area (Å²) in [4.78, 5) is 9.78. The van der Waals surface area contributed by atoms with Gasteiger partial charge in [0.05, 0.1) is 29.8 Å². The summed E-state index contributed by atoms with van der Waals surface area (Å²) >= 11 is 1.62. The van der Waals surface area contributed by atoms with Crippen LogP contribution in [0.1, 0.15) is 44.2 Å². The van der Waals surface area contributed by atoms with E-state index in [1.807, 2.05) is 17.5 Å². The molecule has 26 heavy (non-hydrogen) atoms. The van der Waals surface area contributed by atoms with E-state index in [0.717, 1.165) is 23.1 Å². The summed E-state index contributed by atoms with van der Waals surface area (Å²) in [5.41, 5.74) is 0.853. The lowest BCUT2D eigenvalue weighted by Gasteiger charge is -2.16. The van der Waals surface area contributed by atoms with Gasteiger partial charge in [0.15, 0.2) is 5.96 Å². The van der Waals surface area contributed by atoms with Gasteiger partial charge in [0, 0.05) is 13.6 Å². The number of rotatable bonds is 7. The molecule has 1 aliphatic rings. The van der Waals surface area contributed by atoms with Gasteiger partial charge in [0.2, 0.25) is 5.89 Å². The summed E-state index contributed by atoms with van der Waals surface area (Å²) < 4.78 is 11.5. The van der Waals surface area contributed by atoms with Crippen LogP contribution in [0.3, 0.4) is 0 Å². The molecule has 1 aliphatic carbocycles. The average molecular weight is 377 g/mol. The van der Waals surface area contributed by atoms with E-state index in [4.69, 9.17) is 9.15 Å². The number of nitrogens with zero attached hydrogens (tertiary/aromatic N) is 2. The van der Waals surface area contributed by atoms with Crippen LogP contribution in [0.5, 0.6) is 0 Å². The number of aromatic nitrogens is 1. The second-order valence-electron chi connectivity index (χ2n) is 6.46. The van der Waals surface area contributed by atoms with Crippen LogP contribution < -0.4 is 10.6 Å². The molecule has 0 unspecified atom stereocenters. The molecular weight excluding hydrogens is 348 g/mol. The van der Waals surface area contributed by atoms with Crippen LogP contribution in [0.2, 0.25) is 0 Å². The molecule has 1 saturated carbocycles. The maximum Gasteiger partial charge on any atom is 0.236 e. The van der Waals surface area contributed by atoms with Crippen LogP contribution in [0.15, 0.2) is 33.2 Å². The van der Waals surface area contributed by atoms with Gasteiger partial charge in [0.1, 0.15) is 6.26 Å². The second-order valence-corrected chi connectivity index (χ2v) is 7.41. The van der Waals surface area contributed by atoms with Gasteiger partial charge in [-0.1, -0.05) is 31.7 Å². The van der Waals surface area contributed by atoms with Gasteiger partial charge in [-0.15, -0.1) is 11.3 Å². The Morgan fingerprint density at radius 2 is 2.15 bits per heavy atom. The molecule has 0 bridgehead atoms. The molecule has 6 nitrogen and oxygen atoms in total. The first-order chi connectivity index (χ1) is 12.8. The van der Waals surface area contributed by atoms with Crippen molar-refractivity contribution in [2.45, 2.75) is 51.2 Å². The van der Waals surface area contributed by atoms with Crippen molar-refractivity contribution in [1.29, 1.82) is 0 Å². The average Bonchev–Trinajstić information content (AvgIpc) is 3.29. The predicted octanol–water partition coefficient (Wildman–Crippen LogP) is 3.81. The zero-order valence-electron chi connectivity index (χ0n) is 15.4. The van der Waals surface area contributed by atoms with Gasteiger partial charge in [-0.3, -0.25) is 4.99 Å². The van der Waals surface area contributed by atoms with Crippen LogP contribution >= 0.6 is 11.3 Å². The minimum absolute atomic E-state index is 0.431. The number of guanidine groups is 1. The highest BCUT2D eigenvalue weighted by molar-refractivity contribution is 7.13. The highest BCUT2D eigenvalue weighted by atomic mass is 32.1. The van der Waals surface area contributed by atoms with E-state index >= 15 is 0 Å². The van der Waals surface area contributed by atoms with Gasteiger partial charge < -0.3 is 19.8 Å². The van der Waals surface area contributed by atoms with Gasteiger partial charge >= 0.3 is 0 Å². The molecule has 0 atom stereocenters. The zero-order valence-corrected chi connectivity index (χ0v) is 16.2. The summed E-state index contributed by atoms with van der Waals surface area (Å²) in [6, 6.07) is 3.99. The second kappa shape index (κ2) is 10.3. The highest BCUT2D eigenvalue weighted by Gasteiger charge is 2.12. The van der Waals surface area contributed by atoms with Gasteiger partial charge in [-0.25, -0.2) is 4.98 Å². The summed E-state index contributed by atoms with van der Waals surface area (Å²) in [5.74, 6) is 1.41. The molecule has 2 aromatic heterocycles. The minimum Gasteiger partial charge on any atom is -0.443 e. The summed E-state index contributed by atoms with van der Waals surface area (Å²) in [6.07, 6.45) is 9.82. The van der Waals surface area contributed by atoms with E-state index in [9.17, 15) is 0 Å². The van der Waals surface area contributed by atoms with E-state index in [0.29, 0.717) is 25.1 Å². The lowest BCUT2D eigenvalue weighted by molar-refractivity contribution is 0.0468. The predicted molar refractivity (Wildman–Crippen MR) is 105 cm³/mol. The molecule has 0 radical (unpaired) electrons. The Morgan fingerprint density at radius 3 is 2.88 bits per heavy atom. The normalized spacial score (nSPS) is 16.4. The molecule has 0 aromatic carbocycles. The first-order valence-electron chi connectivity index (χ1n) is 9.39. The maximum atomic E-state index is 5.99. The third kappa shape index (κ3) is 5.85. The van der Waals surface area contributed by atoms with E-state index in [2.05, 4.69) is 20.6 Å². The first kappa shape index (κ1) is 18.9. The molecule has 2 heterocycles. The number of hydrogen-bond acceptors (Lipinski definition) is 5. The fourth-order valence-corrected chi connectivity index (χ4v) is 3.76. The van der Waals surface area contributed by atoms with Crippen molar-refractivity contribution in [2.75, 3.05) is 20.2 Å².